The van der Waals surface area contributed by atoms with E-state index >= 15 is 0 Å². The van der Waals surface area contributed by atoms with Crippen molar-refractivity contribution in [3.63, 3.8) is 0 Å². The number of hydrogen-bond donors (Lipinski definition) is 2. The lowest BCUT2D eigenvalue weighted by Gasteiger charge is -2.06. The number of aliphatic carboxylic acids is 1. The lowest BCUT2D eigenvalue weighted by atomic mass is 10.2. The van der Waals surface area contributed by atoms with E-state index in [0.717, 1.165) is 6.07 Å². The van der Waals surface area contributed by atoms with Crippen LogP contribution in [0, 0.1) is 15.9 Å². The van der Waals surface area contributed by atoms with Gasteiger partial charge in [0, 0.05) is 17.4 Å². The molecule has 1 rings (SSSR count). The molecule has 1 unspecified atom stereocenters. The topological polar surface area (TPSA) is 106 Å². The number of nitro benzene ring substituents is 1. The second-order valence-corrected chi connectivity index (χ2v) is 4.90. The molecule has 1 aromatic carbocycles. The Morgan fingerprint density at radius 3 is 2.84 bits per heavy atom. The van der Waals surface area contributed by atoms with Gasteiger partial charge in [0.05, 0.1) is 4.92 Å². The van der Waals surface area contributed by atoms with Gasteiger partial charge in [-0.1, -0.05) is 12.1 Å². The number of benzene rings is 1. The molecule has 3 N–H and O–H groups in total. The van der Waals surface area contributed by atoms with Crippen molar-refractivity contribution in [2.24, 2.45) is 5.73 Å². The van der Waals surface area contributed by atoms with Gasteiger partial charge in [0.25, 0.3) is 0 Å². The number of rotatable bonds is 7. The highest BCUT2D eigenvalue weighted by atomic mass is 32.2. The Hall–Kier alpha value is -1.67. The predicted molar refractivity (Wildman–Crippen MR) is 69.4 cm³/mol. The van der Waals surface area contributed by atoms with Crippen LogP contribution in [0.1, 0.15) is 12.0 Å². The van der Waals surface area contributed by atoms with E-state index in [0.29, 0.717) is 5.75 Å². The summed E-state index contributed by atoms with van der Waals surface area (Å²) in [5, 5.41) is 19.1. The summed E-state index contributed by atoms with van der Waals surface area (Å²) in [4.78, 5) is 20.2. The first kappa shape index (κ1) is 15.4. The van der Waals surface area contributed by atoms with Gasteiger partial charge in [-0.3, -0.25) is 14.9 Å². The number of carboxylic acids is 1. The number of carboxylic acid groups (broad SMARTS) is 1. The van der Waals surface area contributed by atoms with Crippen LogP contribution < -0.4 is 5.73 Å². The number of nitrogens with two attached hydrogens (primary N) is 1. The molecule has 0 aromatic heterocycles. The molecule has 1 atom stereocenters. The van der Waals surface area contributed by atoms with Gasteiger partial charge in [-0.25, -0.2) is 0 Å². The summed E-state index contributed by atoms with van der Waals surface area (Å²) in [6.45, 7) is 0. The molecule has 0 saturated heterocycles. The molecule has 0 saturated carbocycles. The molecule has 0 spiro atoms. The molecule has 8 heteroatoms. The maximum Gasteiger partial charge on any atom is 0.320 e. The average Bonchev–Trinajstić information content (AvgIpc) is 2.35. The molecular formula is C11H13FN2O4S. The molecule has 0 aliphatic rings. The SMILES string of the molecule is NC(CCSCc1cccc([N+](=O)[O-])c1F)C(=O)O. The summed E-state index contributed by atoms with van der Waals surface area (Å²) in [6.07, 6.45) is 0.260. The molecule has 6 nitrogen and oxygen atoms in total. The summed E-state index contributed by atoms with van der Waals surface area (Å²) in [5.74, 6) is -1.25. The molecule has 0 bridgehead atoms. The molecule has 0 aliphatic heterocycles. The van der Waals surface area contributed by atoms with E-state index in [-0.39, 0.29) is 17.7 Å². The Morgan fingerprint density at radius 1 is 1.58 bits per heavy atom. The fraction of sp³-hybridized carbons (Fsp3) is 0.364. The highest BCUT2D eigenvalue weighted by Gasteiger charge is 2.17. The van der Waals surface area contributed by atoms with Crippen LogP contribution in [0.4, 0.5) is 10.1 Å². The van der Waals surface area contributed by atoms with Crippen LogP contribution in [0.15, 0.2) is 18.2 Å². The van der Waals surface area contributed by atoms with E-state index in [4.69, 9.17) is 10.8 Å². The third-order valence-corrected chi connectivity index (χ3v) is 3.44. The van der Waals surface area contributed by atoms with E-state index in [1.54, 1.807) is 0 Å². The number of carbonyl (C=O) groups is 1. The standard InChI is InChI=1S/C11H13FN2O4S/c12-10-7(2-1-3-9(10)14(17)18)6-19-5-4-8(13)11(15)16/h1-3,8H,4-6,13H2,(H,15,16). The van der Waals surface area contributed by atoms with E-state index in [1.165, 1.54) is 23.9 Å². The number of nitro groups is 1. The van der Waals surface area contributed by atoms with E-state index in [1.807, 2.05) is 0 Å². The highest BCUT2D eigenvalue weighted by molar-refractivity contribution is 7.98. The molecule has 0 radical (unpaired) electrons. The zero-order chi connectivity index (χ0) is 14.4. The van der Waals surface area contributed by atoms with Crippen molar-refractivity contribution >= 4 is 23.4 Å². The summed E-state index contributed by atoms with van der Waals surface area (Å²) < 4.78 is 13.7. The molecule has 1 aromatic rings. The number of nitrogens with zero attached hydrogens (tertiary/aromatic N) is 1. The monoisotopic (exact) mass is 288 g/mol. The zero-order valence-electron chi connectivity index (χ0n) is 9.91. The smallest absolute Gasteiger partial charge is 0.320 e. The average molecular weight is 288 g/mol. The van der Waals surface area contributed by atoms with Crippen molar-refractivity contribution in [2.75, 3.05) is 5.75 Å². The molecule has 0 amide bonds. The summed E-state index contributed by atoms with van der Waals surface area (Å²) in [5.41, 5.74) is 4.98. The van der Waals surface area contributed by atoms with Crippen LogP contribution in [0.25, 0.3) is 0 Å². The van der Waals surface area contributed by atoms with E-state index < -0.39 is 28.4 Å². The summed E-state index contributed by atoms with van der Waals surface area (Å²) in [6, 6.07) is 3.04. The Labute approximate surface area is 112 Å². The second-order valence-electron chi connectivity index (χ2n) is 3.79. The Bertz CT molecular complexity index is 484. The third-order valence-electron chi connectivity index (χ3n) is 2.40. The van der Waals surface area contributed by atoms with Crippen molar-refractivity contribution in [1.29, 1.82) is 0 Å². The van der Waals surface area contributed by atoms with Crippen molar-refractivity contribution in [3.8, 4) is 0 Å². The van der Waals surface area contributed by atoms with Crippen LogP contribution in [-0.2, 0) is 10.5 Å². The van der Waals surface area contributed by atoms with Crippen molar-refractivity contribution in [3.05, 3.63) is 39.7 Å². The predicted octanol–water partition coefficient (Wildman–Crippen LogP) is 1.77. The minimum Gasteiger partial charge on any atom is -0.480 e. The van der Waals surface area contributed by atoms with Crippen LogP contribution in [-0.4, -0.2) is 27.8 Å². The first-order chi connectivity index (χ1) is 8.93. The minimum atomic E-state index is -1.08. The maximum absolute atomic E-state index is 13.7. The van der Waals surface area contributed by atoms with Crippen LogP contribution >= 0.6 is 11.8 Å². The fourth-order valence-electron chi connectivity index (χ4n) is 1.33. The molecule has 19 heavy (non-hydrogen) atoms. The lowest BCUT2D eigenvalue weighted by Crippen LogP contribution is -2.30. The molecule has 0 heterocycles. The van der Waals surface area contributed by atoms with Gasteiger partial charge in [0.15, 0.2) is 0 Å². The van der Waals surface area contributed by atoms with Crippen LogP contribution in [0.2, 0.25) is 0 Å². The van der Waals surface area contributed by atoms with Crippen molar-refractivity contribution < 1.29 is 19.2 Å². The number of thioether (sulfide) groups is 1. The Morgan fingerprint density at radius 2 is 2.26 bits per heavy atom. The second kappa shape index (κ2) is 7.05. The minimum absolute atomic E-state index is 0.225. The van der Waals surface area contributed by atoms with Gasteiger partial charge in [-0.05, 0) is 12.2 Å². The van der Waals surface area contributed by atoms with Gasteiger partial charge in [-0.2, -0.15) is 16.2 Å². The van der Waals surface area contributed by atoms with Gasteiger partial charge in [0.1, 0.15) is 6.04 Å². The number of hydrogen-bond acceptors (Lipinski definition) is 5. The quantitative estimate of drug-likeness (QED) is 0.450. The van der Waals surface area contributed by atoms with Gasteiger partial charge < -0.3 is 10.8 Å². The highest BCUT2D eigenvalue weighted by Crippen LogP contribution is 2.23. The largest absolute Gasteiger partial charge is 0.480 e. The van der Waals surface area contributed by atoms with Gasteiger partial charge in [-0.15, -0.1) is 0 Å². The normalized spacial score (nSPS) is 12.1. The van der Waals surface area contributed by atoms with E-state index in [2.05, 4.69) is 0 Å². The first-order valence-corrected chi connectivity index (χ1v) is 6.57. The van der Waals surface area contributed by atoms with Gasteiger partial charge in [0.2, 0.25) is 5.82 Å². The third kappa shape index (κ3) is 4.49. The fourth-order valence-corrected chi connectivity index (χ4v) is 2.34. The van der Waals surface area contributed by atoms with Crippen LogP contribution in [0.3, 0.4) is 0 Å². The molecular weight excluding hydrogens is 275 g/mol. The summed E-state index contributed by atoms with van der Waals surface area (Å²) >= 11 is 1.28. The van der Waals surface area contributed by atoms with Gasteiger partial charge >= 0.3 is 11.7 Å². The zero-order valence-corrected chi connectivity index (χ0v) is 10.7. The Kier molecular flexibility index (Phi) is 5.71. The van der Waals surface area contributed by atoms with E-state index in [9.17, 15) is 19.3 Å². The van der Waals surface area contributed by atoms with Crippen molar-refractivity contribution in [1.82, 2.24) is 0 Å². The Balaban J connectivity index is 2.52. The first-order valence-electron chi connectivity index (χ1n) is 5.41. The molecule has 104 valence electrons. The lowest BCUT2D eigenvalue weighted by molar-refractivity contribution is -0.387. The summed E-state index contributed by atoms with van der Waals surface area (Å²) in [7, 11) is 0. The number of halogens is 1. The van der Waals surface area contributed by atoms with Crippen molar-refractivity contribution in [2.45, 2.75) is 18.2 Å². The molecule has 0 fully saturated rings. The molecule has 0 aliphatic carbocycles. The maximum atomic E-state index is 13.7. The van der Waals surface area contributed by atoms with Crippen LogP contribution in [0.5, 0.6) is 0 Å².